The molecule has 3 fully saturated rings. The molecular weight excluding hydrogens is 372 g/mol. The fourth-order valence-electron chi connectivity index (χ4n) is 6.74. The Balaban J connectivity index is 1.72. The van der Waals surface area contributed by atoms with E-state index in [1.807, 2.05) is 0 Å². The summed E-state index contributed by atoms with van der Waals surface area (Å²) in [6, 6.07) is 0. The number of hydrogen-bond acceptors (Lipinski definition) is 3. The molecule has 3 aliphatic carbocycles. The first kappa shape index (κ1) is 23.8. The molecule has 3 nitrogen and oxygen atoms in total. The summed E-state index contributed by atoms with van der Waals surface area (Å²) in [7, 11) is 0. The third-order valence-corrected chi connectivity index (χ3v) is 8.57. The Morgan fingerprint density at radius 1 is 1.13 bits per heavy atom. The third-order valence-electron chi connectivity index (χ3n) is 8.57. The Bertz CT molecular complexity index is 676. The molecule has 0 aromatic carbocycles. The second kappa shape index (κ2) is 9.71. The van der Waals surface area contributed by atoms with Crippen molar-refractivity contribution in [2.75, 3.05) is 0 Å². The van der Waals surface area contributed by atoms with Gasteiger partial charge < -0.3 is 5.11 Å². The average Bonchev–Trinajstić information content (AvgIpc) is 3.06. The zero-order valence-corrected chi connectivity index (χ0v) is 19.8. The average molecular weight is 417 g/mol. The lowest BCUT2D eigenvalue weighted by Crippen LogP contribution is -2.36. The molecule has 0 aliphatic heterocycles. The molecule has 3 aliphatic rings. The minimum atomic E-state index is -1.46. The lowest BCUT2D eigenvalue weighted by molar-refractivity contribution is -0.394. The largest absolute Gasteiger partial charge is 0.363 e. The molecule has 3 heteroatoms. The van der Waals surface area contributed by atoms with Crippen LogP contribution < -0.4 is 0 Å². The summed E-state index contributed by atoms with van der Waals surface area (Å²) in [5.41, 5.74) is 4.07. The van der Waals surface area contributed by atoms with E-state index in [0.29, 0.717) is 30.6 Å². The normalized spacial score (nSPS) is 38.4. The lowest BCUT2D eigenvalue weighted by Gasteiger charge is -2.44. The van der Waals surface area contributed by atoms with E-state index in [0.717, 1.165) is 28.9 Å². The highest BCUT2D eigenvalue weighted by atomic mass is 17.1. The first-order chi connectivity index (χ1) is 14.2. The Morgan fingerprint density at radius 3 is 2.60 bits per heavy atom. The molecule has 3 rings (SSSR count). The Kier molecular flexibility index (Phi) is 7.69. The molecule has 0 aromatic heterocycles. The van der Waals surface area contributed by atoms with Crippen LogP contribution in [0.25, 0.3) is 0 Å². The summed E-state index contributed by atoms with van der Waals surface area (Å²) in [5, 5.41) is 19.4. The lowest BCUT2D eigenvalue weighted by atomic mass is 9.60. The maximum atomic E-state index is 10.3. The van der Waals surface area contributed by atoms with Crippen LogP contribution in [0.4, 0.5) is 0 Å². The summed E-state index contributed by atoms with van der Waals surface area (Å²) in [4.78, 5) is 4.37. The predicted molar refractivity (Wildman–Crippen MR) is 124 cm³/mol. The molecule has 0 amide bonds. The molecule has 0 spiro atoms. The maximum absolute atomic E-state index is 10.3. The van der Waals surface area contributed by atoms with Crippen LogP contribution in [-0.4, -0.2) is 16.2 Å². The van der Waals surface area contributed by atoms with Gasteiger partial charge in [0.1, 0.15) is 0 Å². The molecule has 0 radical (unpaired) electrons. The van der Waals surface area contributed by atoms with Gasteiger partial charge in [0.2, 0.25) is 5.79 Å². The molecule has 2 N–H and O–H groups in total. The first-order valence-corrected chi connectivity index (χ1v) is 12.3. The van der Waals surface area contributed by atoms with Crippen molar-refractivity contribution in [2.45, 2.75) is 104 Å². The number of rotatable bonds is 7. The van der Waals surface area contributed by atoms with Gasteiger partial charge >= 0.3 is 0 Å². The highest BCUT2D eigenvalue weighted by Gasteiger charge is 2.50. The van der Waals surface area contributed by atoms with E-state index < -0.39 is 5.79 Å². The molecule has 0 heterocycles. The Hall–Kier alpha value is -0.900. The molecule has 170 valence electrons. The summed E-state index contributed by atoms with van der Waals surface area (Å²) in [6.45, 7) is 13.9. The quantitative estimate of drug-likeness (QED) is 0.258. The molecule has 0 aromatic rings. The molecule has 3 saturated carbocycles. The minimum absolute atomic E-state index is 0.309. The standard InChI is InChI=1S/C27H44O3/c1-19(2)8-6-9-21(4)24-13-14-25-22(10-7-16-26(24,25)5)11-12-23-18-27(28,30-29)17-15-20(23)3/h11-12,19,21,24-25,28-29H,3,6-10,13-18H2,1-2,4-5H3/b22-11+,23-12+/t21-,24-,25?,26-,27+/m1/s1. The highest BCUT2D eigenvalue weighted by molar-refractivity contribution is 5.37. The van der Waals surface area contributed by atoms with Crippen molar-refractivity contribution in [3.8, 4) is 0 Å². The van der Waals surface area contributed by atoms with Crippen LogP contribution in [0.2, 0.25) is 0 Å². The van der Waals surface area contributed by atoms with E-state index in [-0.39, 0.29) is 0 Å². The maximum Gasteiger partial charge on any atom is 0.203 e. The van der Waals surface area contributed by atoms with Gasteiger partial charge in [-0.15, -0.1) is 0 Å². The second-order valence-electron chi connectivity index (χ2n) is 11.1. The van der Waals surface area contributed by atoms with Crippen molar-refractivity contribution in [3.63, 3.8) is 0 Å². The van der Waals surface area contributed by atoms with Crippen molar-refractivity contribution in [3.05, 3.63) is 35.5 Å². The highest BCUT2D eigenvalue weighted by Crippen LogP contribution is 2.60. The summed E-state index contributed by atoms with van der Waals surface area (Å²) in [5.74, 6) is 1.68. The van der Waals surface area contributed by atoms with E-state index in [2.05, 4.69) is 51.3 Å². The van der Waals surface area contributed by atoms with Crippen LogP contribution in [0.3, 0.4) is 0 Å². The van der Waals surface area contributed by atoms with Crippen LogP contribution in [0, 0.1) is 29.1 Å². The van der Waals surface area contributed by atoms with Gasteiger partial charge in [-0.1, -0.05) is 76.8 Å². The first-order valence-electron chi connectivity index (χ1n) is 12.3. The minimum Gasteiger partial charge on any atom is -0.363 e. The zero-order chi connectivity index (χ0) is 21.9. The van der Waals surface area contributed by atoms with Crippen LogP contribution in [0.5, 0.6) is 0 Å². The van der Waals surface area contributed by atoms with Crippen molar-refractivity contribution >= 4 is 0 Å². The van der Waals surface area contributed by atoms with Crippen LogP contribution in [0.1, 0.15) is 98.3 Å². The van der Waals surface area contributed by atoms with Gasteiger partial charge in [-0.25, -0.2) is 10.1 Å². The Labute approximate surface area is 184 Å². The summed E-state index contributed by atoms with van der Waals surface area (Å²) >= 11 is 0. The molecule has 5 atom stereocenters. The van der Waals surface area contributed by atoms with Crippen molar-refractivity contribution in [1.82, 2.24) is 0 Å². The van der Waals surface area contributed by atoms with Crippen LogP contribution in [0.15, 0.2) is 35.5 Å². The van der Waals surface area contributed by atoms with E-state index in [1.54, 1.807) is 5.57 Å². The van der Waals surface area contributed by atoms with E-state index >= 15 is 0 Å². The van der Waals surface area contributed by atoms with Crippen molar-refractivity contribution in [1.29, 1.82) is 0 Å². The molecule has 30 heavy (non-hydrogen) atoms. The third kappa shape index (κ3) is 5.11. The van der Waals surface area contributed by atoms with E-state index in [9.17, 15) is 5.11 Å². The Morgan fingerprint density at radius 2 is 1.90 bits per heavy atom. The topological polar surface area (TPSA) is 49.7 Å². The number of allylic oxidation sites excluding steroid dienone is 4. The van der Waals surface area contributed by atoms with Gasteiger partial charge in [0, 0.05) is 12.8 Å². The second-order valence-corrected chi connectivity index (χ2v) is 11.1. The van der Waals surface area contributed by atoms with Gasteiger partial charge in [0.05, 0.1) is 0 Å². The van der Waals surface area contributed by atoms with E-state index in [1.165, 1.54) is 51.4 Å². The number of fused-ring (bicyclic) bond motifs is 1. The van der Waals surface area contributed by atoms with Gasteiger partial charge in [0.15, 0.2) is 0 Å². The van der Waals surface area contributed by atoms with Crippen molar-refractivity contribution < 1.29 is 15.3 Å². The summed E-state index contributed by atoms with van der Waals surface area (Å²) < 4.78 is 0. The number of aliphatic hydroxyl groups is 1. The summed E-state index contributed by atoms with van der Waals surface area (Å²) in [6.07, 6.45) is 16.4. The van der Waals surface area contributed by atoms with Gasteiger partial charge in [-0.2, -0.15) is 0 Å². The molecule has 0 bridgehead atoms. The monoisotopic (exact) mass is 416 g/mol. The fraction of sp³-hybridized carbons (Fsp3) is 0.778. The van der Waals surface area contributed by atoms with E-state index in [4.69, 9.17) is 5.26 Å². The number of hydrogen-bond donors (Lipinski definition) is 2. The molecule has 1 unspecified atom stereocenters. The van der Waals surface area contributed by atoms with Gasteiger partial charge in [-0.05, 0) is 73.2 Å². The van der Waals surface area contributed by atoms with Crippen LogP contribution >= 0.6 is 0 Å². The molecule has 0 saturated heterocycles. The van der Waals surface area contributed by atoms with Crippen LogP contribution in [-0.2, 0) is 4.89 Å². The predicted octanol–water partition coefficient (Wildman–Crippen LogP) is 7.44. The SMILES string of the molecule is C=C1CC[C@](O)(OO)C/C1=C\C=C1/CCC[C@@]2(C)C1CC[C@@H]2[C@H](C)CCCC(C)C. The van der Waals surface area contributed by atoms with Gasteiger partial charge in [-0.3, -0.25) is 0 Å². The smallest absolute Gasteiger partial charge is 0.203 e. The molecular formula is C27H44O3. The van der Waals surface area contributed by atoms with Crippen molar-refractivity contribution in [2.24, 2.45) is 29.1 Å². The van der Waals surface area contributed by atoms with Gasteiger partial charge in [0.25, 0.3) is 0 Å². The zero-order valence-electron chi connectivity index (χ0n) is 19.8. The fourth-order valence-corrected chi connectivity index (χ4v) is 6.74.